The van der Waals surface area contributed by atoms with E-state index in [2.05, 4.69) is 4.40 Å². The lowest BCUT2D eigenvalue weighted by Crippen LogP contribution is -1.90. The molecule has 1 aromatic rings. The molecule has 1 aliphatic rings. The summed E-state index contributed by atoms with van der Waals surface area (Å²) >= 11 is 0. The summed E-state index contributed by atoms with van der Waals surface area (Å²) < 4.78 is 25.8. The van der Waals surface area contributed by atoms with E-state index in [-0.39, 0.29) is 0 Å². The normalized spacial score (nSPS) is 18.7. The van der Waals surface area contributed by atoms with Gasteiger partial charge in [0.1, 0.15) is 0 Å². The number of benzene rings is 1. The van der Waals surface area contributed by atoms with Crippen LogP contribution in [0.2, 0.25) is 0 Å². The Labute approximate surface area is 85.1 Å². The van der Waals surface area contributed by atoms with Crippen LogP contribution in [0.25, 0.3) is 6.08 Å². The van der Waals surface area contributed by atoms with Crippen molar-refractivity contribution in [3.8, 4) is 0 Å². The molecule has 1 unspecified atom stereocenters. The molecule has 1 aliphatic heterocycles. The lowest BCUT2D eigenvalue weighted by Gasteiger charge is -2.00. The molecule has 0 fully saturated rings. The van der Waals surface area contributed by atoms with Crippen LogP contribution >= 0.6 is 0 Å². The van der Waals surface area contributed by atoms with Crippen molar-refractivity contribution in [1.82, 2.24) is 0 Å². The van der Waals surface area contributed by atoms with Gasteiger partial charge in [0.25, 0.3) is 9.26 Å². The van der Waals surface area contributed by atoms with E-state index in [9.17, 15) is 8.42 Å². The average Bonchev–Trinajstić information content (AvgIpc) is 2.39. The quantitative estimate of drug-likeness (QED) is 0.671. The molecular weight excluding hydrogens is 218 g/mol. The Morgan fingerprint density at radius 3 is 2.79 bits per heavy atom. The smallest absolute Gasteiger partial charge is 0.212 e. The maximum Gasteiger partial charge on any atom is 0.266 e. The summed E-state index contributed by atoms with van der Waals surface area (Å²) in [6.45, 7) is 0. The molecule has 0 aromatic heterocycles. The molecule has 0 spiro atoms. The van der Waals surface area contributed by atoms with Gasteiger partial charge < -0.3 is 0 Å². The molecule has 14 heavy (non-hydrogen) atoms. The van der Waals surface area contributed by atoms with Crippen molar-refractivity contribution in [2.24, 2.45) is 4.40 Å². The molecule has 5 heteroatoms. The van der Waals surface area contributed by atoms with Gasteiger partial charge in [-0.1, -0.05) is 24.3 Å². The monoisotopic (exact) mass is 225 g/mol. The van der Waals surface area contributed by atoms with Crippen LogP contribution in [0.1, 0.15) is 5.56 Å². The summed E-state index contributed by atoms with van der Waals surface area (Å²) in [5, 5.41) is 0. The number of rotatable bonds is 0. The second kappa shape index (κ2) is 3.89. The highest BCUT2D eigenvalue weighted by Crippen LogP contribution is 2.18. The van der Waals surface area contributed by atoms with Crippen LogP contribution in [0, 0.1) is 0 Å². The first-order valence-corrected chi connectivity index (χ1v) is 6.70. The van der Waals surface area contributed by atoms with Gasteiger partial charge in [-0.25, -0.2) is 4.40 Å². The topological polar surface area (TPSA) is 46.5 Å². The molecule has 1 aromatic carbocycles. The zero-order valence-electron chi connectivity index (χ0n) is 7.12. The number of hydrogen-bond donors (Lipinski definition) is 0. The fraction of sp³-hybridized carbons (Fsp3) is 0. The van der Waals surface area contributed by atoms with Crippen LogP contribution in [-0.4, -0.2) is 14.6 Å². The van der Waals surface area contributed by atoms with Crippen molar-refractivity contribution in [3.63, 3.8) is 0 Å². The number of nitrogens with zero attached hydrogens (tertiary/aromatic N) is 1. The van der Waals surface area contributed by atoms with E-state index < -0.39 is 18.9 Å². The Kier molecular flexibility index (Phi) is 2.60. The van der Waals surface area contributed by atoms with Gasteiger partial charge in [-0.15, -0.1) is 0 Å². The van der Waals surface area contributed by atoms with Crippen molar-refractivity contribution in [2.75, 3.05) is 0 Å². The van der Waals surface area contributed by atoms with Crippen molar-refractivity contribution in [3.05, 3.63) is 35.9 Å². The van der Waals surface area contributed by atoms with E-state index >= 15 is 0 Å². The Balaban J connectivity index is 2.81. The third kappa shape index (κ3) is 1.69. The minimum atomic E-state index is -2.18. The van der Waals surface area contributed by atoms with Crippen LogP contribution in [0.3, 0.4) is 0 Å². The minimum absolute atomic E-state index is 0.755. The molecule has 1 heterocycles. The van der Waals surface area contributed by atoms with Gasteiger partial charge in [-0.05, 0) is 17.7 Å². The lowest BCUT2D eigenvalue weighted by molar-refractivity contribution is 0.628. The lowest BCUT2D eigenvalue weighted by atomic mass is 10.2. The number of fused-ring (bicyclic) bond motifs is 1. The first-order chi connectivity index (χ1) is 6.79. The average molecular weight is 225 g/mol. The van der Waals surface area contributed by atoms with Crippen molar-refractivity contribution < 1.29 is 8.42 Å². The number of allylic oxidation sites excluding steroid dienone is 1. The molecule has 0 radical (unpaired) electrons. The zero-order valence-corrected chi connectivity index (χ0v) is 8.75. The van der Waals surface area contributed by atoms with Crippen molar-refractivity contribution in [2.45, 2.75) is 4.90 Å². The van der Waals surface area contributed by atoms with E-state index in [0.717, 1.165) is 10.5 Å². The first kappa shape index (κ1) is 9.36. The second-order valence-corrected chi connectivity index (χ2v) is 5.93. The van der Waals surface area contributed by atoms with Crippen molar-refractivity contribution in [1.29, 1.82) is 0 Å². The predicted molar refractivity (Wildman–Crippen MR) is 58.5 cm³/mol. The third-order valence-electron chi connectivity index (χ3n) is 1.75. The summed E-state index contributed by atoms with van der Waals surface area (Å²) in [5.41, 5.74) is 0.914. The fourth-order valence-corrected chi connectivity index (χ4v) is 3.48. The van der Waals surface area contributed by atoms with Gasteiger partial charge in [-0.2, -0.15) is 8.42 Å². The Bertz CT molecular complexity index is 548. The molecule has 72 valence electrons. The summed E-state index contributed by atoms with van der Waals surface area (Å²) in [6.07, 6.45) is 5.14. The molecule has 0 saturated heterocycles. The van der Waals surface area contributed by atoms with Crippen LogP contribution < -0.4 is 0 Å². The zero-order chi connectivity index (χ0) is 9.97. The molecule has 0 aliphatic carbocycles. The van der Waals surface area contributed by atoms with Gasteiger partial charge in [0.15, 0.2) is 0 Å². The number of hydrogen-bond acceptors (Lipinski definition) is 2. The molecule has 0 saturated carbocycles. The largest absolute Gasteiger partial charge is 0.266 e. The third-order valence-corrected chi connectivity index (χ3v) is 4.64. The van der Waals surface area contributed by atoms with Gasteiger partial charge >= 0.3 is 0 Å². The van der Waals surface area contributed by atoms with Crippen LogP contribution in [-0.2, 0) is 18.9 Å². The summed E-state index contributed by atoms with van der Waals surface area (Å²) in [4.78, 5) is 0.755. The van der Waals surface area contributed by atoms with E-state index in [4.69, 9.17) is 0 Å². The van der Waals surface area contributed by atoms with E-state index in [1.54, 1.807) is 12.1 Å². The molecule has 2 rings (SSSR count). The Morgan fingerprint density at radius 2 is 2.00 bits per heavy atom. The van der Waals surface area contributed by atoms with Gasteiger partial charge in [0, 0.05) is 11.1 Å². The highest BCUT2D eigenvalue weighted by atomic mass is 32.9. The second-order valence-electron chi connectivity index (χ2n) is 2.60. The van der Waals surface area contributed by atoms with Gasteiger partial charge in [-0.3, -0.25) is 0 Å². The first-order valence-electron chi connectivity index (χ1n) is 3.93. The molecule has 1 atom stereocenters. The maximum absolute atomic E-state index is 10.9. The van der Waals surface area contributed by atoms with Gasteiger partial charge in [0.2, 0.25) is 0 Å². The molecule has 3 nitrogen and oxygen atoms in total. The standard InChI is InChI=1S/C9H7NO2S2/c11-14(12)13-9-6-2-1-4-8(9)5-3-7-10-13/h1-7H. The van der Waals surface area contributed by atoms with E-state index in [0.29, 0.717) is 0 Å². The van der Waals surface area contributed by atoms with Crippen LogP contribution in [0.5, 0.6) is 0 Å². The van der Waals surface area contributed by atoms with E-state index in [1.165, 1.54) is 6.21 Å². The SMILES string of the molecule is O=S(=O)=S1N=CC=Cc2ccccc21. The Hall–Kier alpha value is -1.20. The Morgan fingerprint density at radius 1 is 1.21 bits per heavy atom. The van der Waals surface area contributed by atoms with Crippen LogP contribution in [0.15, 0.2) is 39.6 Å². The molecular formula is C9H7NO2S2. The predicted octanol–water partition coefficient (Wildman–Crippen LogP) is 1.47. The maximum atomic E-state index is 10.9. The summed E-state index contributed by atoms with van der Waals surface area (Å²) in [6, 6.07) is 7.37. The molecule has 0 amide bonds. The highest BCUT2D eigenvalue weighted by molar-refractivity contribution is 8.33. The summed E-state index contributed by atoms with van der Waals surface area (Å²) in [7, 11) is -3.25. The van der Waals surface area contributed by atoms with Crippen LogP contribution in [0.4, 0.5) is 0 Å². The van der Waals surface area contributed by atoms with E-state index in [1.807, 2.05) is 24.3 Å². The van der Waals surface area contributed by atoms with Gasteiger partial charge in [0.05, 0.1) is 9.64 Å². The van der Waals surface area contributed by atoms with Crippen molar-refractivity contribution >= 4 is 31.2 Å². The fourth-order valence-electron chi connectivity index (χ4n) is 1.18. The summed E-state index contributed by atoms with van der Waals surface area (Å²) in [5.74, 6) is 0. The highest BCUT2D eigenvalue weighted by Gasteiger charge is 2.07. The minimum Gasteiger partial charge on any atom is -0.212 e. The molecule has 0 N–H and O–H groups in total. The molecule has 0 bridgehead atoms.